The quantitative estimate of drug-likeness (QED) is 0.854. The normalized spacial score (nSPS) is 11.5. The fourth-order valence-electron chi connectivity index (χ4n) is 2.11. The predicted molar refractivity (Wildman–Crippen MR) is 94.5 cm³/mol. The number of hydrogen-bond acceptors (Lipinski definition) is 4. The van der Waals surface area contributed by atoms with Crippen molar-refractivity contribution in [3.8, 4) is 17.2 Å². The molecule has 0 aliphatic heterocycles. The molecular formula is C18H20ClNO4. The van der Waals surface area contributed by atoms with Crippen molar-refractivity contribution >= 4 is 23.2 Å². The number of benzene rings is 2. The maximum Gasteiger partial charge on any atom is 0.265 e. The van der Waals surface area contributed by atoms with Crippen LogP contribution in [0, 0.1) is 6.92 Å². The molecule has 6 heteroatoms. The van der Waals surface area contributed by atoms with E-state index in [0.29, 0.717) is 28.0 Å². The summed E-state index contributed by atoms with van der Waals surface area (Å²) in [7, 11) is 3.10. The standard InChI is InChI=1S/C18H20ClNO4/c1-11-7-13(19)5-6-17(11)24-12(2)18(21)20-14-8-15(22-3)10-16(9-14)23-4/h5-10,12H,1-4H3,(H,20,21)/t12-/m1/s1. The molecule has 5 nitrogen and oxygen atoms in total. The molecule has 0 aliphatic carbocycles. The molecule has 0 spiro atoms. The number of rotatable bonds is 6. The average Bonchev–Trinajstić information content (AvgIpc) is 2.56. The van der Waals surface area contributed by atoms with E-state index < -0.39 is 6.10 Å². The number of nitrogens with one attached hydrogen (secondary N) is 1. The highest BCUT2D eigenvalue weighted by Gasteiger charge is 2.17. The van der Waals surface area contributed by atoms with Crippen LogP contribution < -0.4 is 19.5 Å². The number of carbonyl (C=O) groups is 1. The zero-order valence-electron chi connectivity index (χ0n) is 14.1. The molecule has 2 aromatic rings. The number of hydrogen-bond donors (Lipinski definition) is 1. The lowest BCUT2D eigenvalue weighted by atomic mass is 10.2. The topological polar surface area (TPSA) is 56.8 Å². The molecule has 0 fully saturated rings. The SMILES string of the molecule is COc1cc(NC(=O)[C@@H](C)Oc2ccc(Cl)cc2C)cc(OC)c1. The summed E-state index contributed by atoms with van der Waals surface area (Å²) in [5.74, 6) is 1.52. The maximum absolute atomic E-state index is 12.4. The van der Waals surface area contributed by atoms with Gasteiger partial charge in [-0.15, -0.1) is 0 Å². The lowest BCUT2D eigenvalue weighted by molar-refractivity contribution is -0.122. The molecule has 0 unspecified atom stereocenters. The Bertz CT molecular complexity index is 711. The van der Waals surface area contributed by atoms with Gasteiger partial charge in [0.1, 0.15) is 17.2 Å². The van der Waals surface area contributed by atoms with Crippen molar-refractivity contribution in [3.05, 3.63) is 47.0 Å². The van der Waals surface area contributed by atoms with Gasteiger partial charge in [0, 0.05) is 28.9 Å². The Kier molecular flexibility index (Phi) is 5.93. The van der Waals surface area contributed by atoms with Crippen molar-refractivity contribution in [2.75, 3.05) is 19.5 Å². The summed E-state index contributed by atoms with van der Waals surface area (Å²) in [6.07, 6.45) is -0.679. The van der Waals surface area contributed by atoms with E-state index in [1.165, 1.54) is 0 Å². The van der Waals surface area contributed by atoms with E-state index in [9.17, 15) is 4.79 Å². The minimum atomic E-state index is -0.679. The number of amides is 1. The Morgan fingerprint density at radius 3 is 2.25 bits per heavy atom. The largest absolute Gasteiger partial charge is 0.497 e. The first-order valence-electron chi connectivity index (χ1n) is 7.39. The fraction of sp³-hybridized carbons (Fsp3) is 0.278. The van der Waals surface area contributed by atoms with Crippen LogP contribution in [0.1, 0.15) is 12.5 Å². The van der Waals surface area contributed by atoms with Gasteiger partial charge < -0.3 is 19.5 Å². The van der Waals surface area contributed by atoms with E-state index >= 15 is 0 Å². The summed E-state index contributed by atoms with van der Waals surface area (Å²) >= 11 is 5.92. The van der Waals surface area contributed by atoms with E-state index in [1.54, 1.807) is 57.5 Å². The third-order valence-corrected chi connectivity index (χ3v) is 3.66. The molecule has 24 heavy (non-hydrogen) atoms. The average molecular weight is 350 g/mol. The highest BCUT2D eigenvalue weighted by molar-refractivity contribution is 6.30. The Morgan fingerprint density at radius 2 is 1.71 bits per heavy atom. The van der Waals surface area contributed by atoms with Gasteiger partial charge in [0.25, 0.3) is 5.91 Å². The number of halogens is 1. The van der Waals surface area contributed by atoms with Crippen molar-refractivity contribution in [1.82, 2.24) is 0 Å². The van der Waals surface area contributed by atoms with E-state index in [-0.39, 0.29) is 5.91 Å². The molecular weight excluding hydrogens is 330 g/mol. The second-order valence-corrected chi connectivity index (χ2v) is 5.70. The highest BCUT2D eigenvalue weighted by Crippen LogP contribution is 2.26. The molecule has 0 saturated carbocycles. The van der Waals surface area contributed by atoms with Gasteiger partial charge in [0.15, 0.2) is 6.10 Å². The summed E-state index contributed by atoms with van der Waals surface area (Å²) < 4.78 is 16.1. The van der Waals surface area contributed by atoms with Crippen molar-refractivity contribution in [1.29, 1.82) is 0 Å². The molecule has 1 atom stereocenters. The fourth-order valence-corrected chi connectivity index (χ4v) is 2.34. The van der Waals surface area contributed by atoms with E-state index in [0.717, 1.165) is 5.56 Å². The highest BCUT2D eigenvalue weighted by atomic mass is 35.5. The minimum absolute atomic E-state index is 0.278. The van der Waals surface area contributed by atoms with E-state index in [4.69, 9.17) is 25.8 Å². The first-order valence-corrected chi connectivity index (χ1v) is 7.77. The van der Waals surface area contributed by atoms with Gasteiger partial charge >= 0.3 is 0 Å². The Balaban J connectivity index is 2.08. The lowest BCUT2D eigenvalue weighted by Crippen LogP contribution is -2.30. The van der Waals surface area contributed by atoms with Crippen LogP contribution in [0.4, 0.5) is 5.69 Å². The van der Waals surface area contributed by atoms with Gasteiger partial charge in [-0.05, 0) is 37.6 Å². The third kappa shape index (κ3) is 4.55. The summed E-state index contributed by atoms with van der Waals surface area (Å²) in [4.78, 5) is 12.4. The van der Waals surface area contributed by atoms with Gasteiger partial charge in [-0.25, -0.2) is 0 Å². The van der Waals surface area contributed by atoms with Crippen molar-refractivity contribution < 1.29 is 19.0 Å². The van der Waals surface area contributed by atoms with Crippen molar-refractivity contribution in [3.63, 3.8) is 0 Å². The molecule has 0 bridgehead atoms. The first kappa shape index (κ1) is 17.9. The molecule has 1 amide bonds. The van der Waals surface area contributed by atoms with Crippen LogP contribution in [0.15, 0.2) is 36.4 Å². The molecule has 0 aliphatic rings. The van der Waals surface area contributed by atoms with E-state index in [1.807, 2.05) is 6.92 Å². The zero-order valence-corrected chi connectivity index (χ0v) is 14.8. The van der Waals surface area contributed by atoms with Crippen LogP contribution in [0.2, 0.25) is 5.02 Å². The van der Waals surface area contributed by atoms with Gasteiger partial charge in [-0.2, -0.15) is 0 Å². The molecule has 1 N–H and O–H groups in total. The Labute approximate surface area is 146 Å². The van der Waals surface area contributed by atoms with E-state index in [2.05, 4.69) is 5.32 Å². The maximum atomic E-state index is 12.4. The summed E-state index contributed by atoms with van der Waals surface area (Å²) in [5.41, 5.74) is 1.43. The van der Waals surface area contributed by atoms with Crippen molar-refractivity contribution in [2.24, 2.45) is 0 Å². The van der Waals surface area contributed by atoms with Crippen LogP contribution in [0.25, 0.3) is 0 Å². The van der Waals surface area contributed by atoms with Gasteiger partial charge in [-0.3, -0.25) is 4.79 Å². The zero-order chi connectivity index (χ0) is 17.7. The number of ether oxygens (including phenoxy) is 3. The first-order chi connectivity index (χ1) is 11.4. The molecule has 0 aromatic heterocycles. The molecule has 0 saturated heterocycles. The minimum Gasteiger partial charge on any atom is -0.497 e. The number of anilines is 1. The smallest absolute Gasteiger partial charge is 0.265 e. The predicted octanol–water partition coefficient (Wildman–Crippen LogP) is 4.07. The summed E-state index contributed by atoms with van der Waals surface area (Å²) in [6.45, 7) is 3.56. The Hall–Kier alpha value is -2.40. The lowest BCUT2D eigenvalue weighted by Gasteiger charge is -2.17. The van der Waals surface area contributed by atoms with Crippen molar-refractivity contribution in [2.45, 2.75) is 20.0 Å². The number of carbonyl (C=O) groups excluding carboxylic acids is 1. The van der Waals surface area contributed by atoms with Crippen LogP contribution in [0.5, 0.6) is 17.2 Å². The molecule has 128 valence electrons. The van der Waals surface area contributed by atoms with Gasteiger partial charge in [0.05, 0.1) is 14.2 Å². The second-order valence-electron chi connectivity index (χ2n) is 5.26. The molecule has 0 heterocycles. The van der Waals surface area contributed by atoms with Gasteiger partial charge in [0.2, 0.25) is 0 Å². The van der Waals surface area contributed by atoms with Crippen LogP contribution in [0.3, 0.4) is 0 Å². The number of methoxy groups -OCH3 is 2. The third-order valence-electron chi connectivity index (χ3n) is 3.43. The molecule has 2 rings (SSSR count). The molecule has 0 radical (unpaired) electrons. The second kappa shape index (κ2) is 7.93. The summed E-state index contributed by atoms with van der Waals surface area (Å²) in [6, 6.07) is 10.4. The monoisotopic (exact) mass is 349 g/mol. The van der Waals surface area contributed by atoms with Gasteiger partial charge in [-0.1, -0.05) is 11.6 Å². The molecule has 2 aromatic carbocycles. The van der Waals surface area contributed by atoms with Crippen LogP contribution >= 0.6 is 11.6 Å². The van der Waals surface area contributed by atoms with Crippen LogP contribution in [-0.2, 0) is 4.79 Å². The summed E-state index contributed by atoms with van der Waals surface area (Å²) in [5, 5.41) is 3.42. The Morgan fingerprint density at radius 1 is 1.08 bits per heavy atom. The van der Waals surface area contributed by atoms with Crippen LogP contribution in [-0.4, -0.2) is 26.2 Å². The number of aryl methyl sites for hydroxylation is 1.